The number of hydrogen-bond acceptors (Lipinski definition) is 10. The van der Waals surface area contributed by atoms with Crippen molar-refractivity contribution in [3.63, 3.8) is 0 Å². The summed E-state index contributed by atoms with van der Waals surface area (Å²) in [4.78, 5) is 12.2. The maximum absolute atomic E-state index is 13.3. The van der Waals surface area contributed by atoms with Gasteiger partial charge in [-0.2, -0.15) is 0 Å². The smallest absolute Gasteiger partial charge is 0.243 e. The van der Waals surface area contributed by atoms with Gasteiger partial charge in [-0.3, -0.25) is 9.29 Å². The van der Waals surface area contributed by atoms with Crippen molar-refractivity contribution < 1.29 is 22.3 Å². The second-order valence-corrected chi connectivity index (χ2v) is 9.93. The van der Waals surface area contributed by atoms with E-state index in [0.717, 1.165) is 12.4 Å². The number of benzene rings is 1. The van der Waals surface area contributed by atoms with Gasteiger partial charge in [0.1, 0.15) is 34.5 Å². The molecule has 4 aromatic rings. The van der Waals surface area contributed by atoms with E-state index >= 15 is 0 Å². The number of pyridine rings is 1. The lowest BCUT2D eigenvalue weighted by molar-refractivity contribution is 0.391. The van der Waals surface area contributed by atoms with Gasteiger partial charge in [0.25, 0.3) is 0 Å². The number of ether oxygens (including phenoxy) is 2. The number of nitrogens with zero attached hydrogens (tertiary/aromatic N) is 6. The quantitative estimate of drug-likeness (QED) is 0.315. The molecule has 1 atom stereocenters. The molecular weight excluding hydrogens is 503 g/mol. The third kappa shape index (κ3) is 5.43. The molecule has 12 nitrogen and oxygen atoms in total. The Hall–Kier alpha value is -4.33. The number of para-hydroxylation sites is 1. The Morgan fingerprint density at radius 3 is 2.30 bits per heavy atom. The van der Waals surface area contributed by atoms with E-state index in [1.54, 1.807) is 43.4 Å². The van der Waals surface area contributed by atoms with Gasteiger partial charge >= 0.3 is 0 Å². The van der Waals surface area contributed by atoms with Gasteiger partial charge in [-0.25, -0.2) is 27.8 Å². The molecule has 0 bridgehead atoms. The number of nitrogens with one attached hydrogen (secondary N) is 2. The average Bonchev–Trinajstić information content (AvgIpc) is 3.31. The van der Waals surface area contributed by atoms with Crippen molar-refractivity contribution in [2.45, 2.75) is 18.6 Å². The van der Waals surface area contributed by atoms with E-state index in [0.29, 0.717) is 28.7 Å². The van der Waals surface area contributed by atoms with Gasteiger partial charge in [-0.05, 0) is 31.2 Å². The van der Waals surface area contributed by atoms with Gasteiger partial charge in [-0.15, -0.1) is 10.2 Å². The zero-order valence-electron chi connectivity index (χ0n) is 20.5. The maximum atomic E-state index is 13.3. The first-order valence-electron chi connectivity index (χ1n) is 11.1. The summed E-state index contributed by atoms with van der Waals surface area (Å²) in [6.07, 6.45) is 1.91. The largest absolute Gasteiger partial charge is 0.494 e. The van der Waals surface area contributed by atoms with Crippen LogP contribution in [0.3, 0.4) is 0 Å². The molecule has 0 fully saturated rings. The van der Waals surface area contributed by atoms with Crippen LogP contribution in [0.2, 0.25) is 0 Å². The summed E-state index contributed by atoms with van der Waals surface area (Å²) in [5.74, 6) is 1.06. The number of anilines is 2. The molecule has 0 saturated heterocycles. The highest BCUT2D eigenvalue weighted by Gasteiger charge is 2.29. The Kier molecular flexibility index (Phi) is 7.47. The number of hydrogen-bond donors (Lipinski definition) is 2. The second-order valence-electron chi connectivity index (χ2n) is 7.83. The van der Waals surface area contributed by atoms with Gasteiger partial charge in [0.2, 0.25) is 16.0 Å². The molecule has 194 valence electrons. The van der Waals surface area contributed by atoms with Crippen LogP contribution in [0.15, 0.2) is 48.8 Å². The van der Waals surface area contributed by atoms with Gasteiger partial charge in [0.15, 0.2) is 11.6 Å². The molecule has 2 N–H and O–H groups in total. The summed E-state index contributed by atoms with van der Waals surface area (Å²) in [6, 6.07) is 10.4. The lowest BCUT2D eigenvalue weighted by Gasteiger charge is -2.19. The molecule has 4 rings (SSSR count). The Bertz CT molecular complexity index is 1470. The number of halogens is 1. The van der Waals surface area contributed by atoms with Gasteiger partial charge in [0, 0.05) is 13.5 Å². The van der Waals surface area contributed by atoms with Gasteiger partial charge in [-0.1, -0.05) is 12.1 Å². The molecular formula is C23H25FN8O4S. The summed E-state index contributed by atoms with van der Waals surface area (Å²) in [6.45, 7) is 1.48. The number of rotatable bonds is 10. The van der Waals surface area contributed by atoms with E-state index in [1.165, 1.54) is 25.7 Å². The van der Waals surface area contributed by atoms with Gasteiger partial charge in [0.05, 0.1) is 31.9 Å². The lowest BCUT2D eigenvalue weighted by Crippen LogP contribution is -2.29. The van der Waals surface area contributed by atoms with Crippen molar-refractivity contribution in [1.82, 2.24) is 29.7 Å². The molecule has 0 saturated carbocycles. The highest BCUT2D eigenvalue weighted by molar-refractivity contribution is 7.93. The van der Waals surface area contributed by atoms with Crippen LogP contribution in [0.4, 0.5) is 16.2 Å². The van der Waals surface area contributed by atoms with Crippen LogP contribution in [0.1, 0.15) is 12.7 Å². The Labute approximate surface area is 213 Å². The maximum Gasteiger partial charge on any atom is 0.243 e. The predicted molar refractivity (Wildman–Crippen MR) is 135 cm³/mol. The molecule has 0 amide bonds. The van der Waals surface area contributed by atoms with Crippen molar-refractivity contribution in [3.05, 3.63) is 60.4 Å². The summed E-state index contributed by atoms with van der Waals surface area (Å²) < 4.78 is 54.9. The third-order valence-corrected chi connectivity index (χ3v) is 7.12. The number of aromatic nitrogens is 6. The molecule has 1 aromatic carbocycles. The number of sulfonamides is 1. The van der Waals surface area contributed by atoms with Crippen LogP contribution < -0.4 is 19.5 Å². The topological polar surface area (TPSA) is 146 Å². The minimum absolute atomic E-state index is 0.0552. The highest BCUT2D eigenvalue weighted by Crippen LogP contribution is 2.37. The van der Waals surface area contributed by atoms with Crippen LogP contribution in [-0.2, 0) is 16.4 Å². The minimum Gasteiger partial charge on any atom is -0.494 e. The molecule has 0 aliphatic carbocycles. The van der Waals surface area contributed by atoms with Crippen LogP contribution in [0, 0.1) is 5.82 Å². The van der Waals surface area contributed by atoms with Crippen LogP contribution in [-0.4, -0.2) is 64.7 Å². The fourth-order valence-electron chi connectivity index (χ4n) is 3.52. The van der Waals surface area contributed by atoms with Crippen molar-refractivity contribution in [2.24, 2.45) is 0 Å². The molecule has 3 aromatic heterocycles. The number of methoxy groups -OCH3 is 2. The third-order valence-electron chi connectivity index (χ3n) is 5.43. The molecule has 0 aliphatic heterocycles. The Morgan fingerprint density at radius 1 is 1.03 bits per heavy atom. The van der Waals surface area contributed by atoms with E-state index < -0.39 is 21.1 Å². The van der Waals surface area contributed by atoms with Crippen LogP contribution >= 0.6 is 0 Å². The molecule has 0 aliphatic rings. The monoisotopic (exact) mass is 528 g/mol. The predicted octanol–water partition coefficient (Wildman–Crippen LogP) is 2.69. The SMILES string of the molecule is CNc1cccc(-c2nnc(NS(=O)(=O)[C@@H](C)Cc3ncc(F)cn3)n2-c2c(OC)cccc2OC)n1. The van der Waals surface area contributed by atoms with Crippen molar-refractivity contribution in [1.29, 1.82) is 0 Å². The Balaban J connectivity index is 1.82. The average molecular weight is 529 g/mol. The molecule has 0 radical (unpaired) electrons. The van der Waals surface area contributed by atoms with Crippen LogP contribution in [0.5, 0.6) is 11.5 Å². The van der Waals surface area contributed by atoms with E-state index in [9.17, 15) is 12.8 Å². The summed E-state index contributed by atoms with van der Waals surface area (Å²) in [5.41, 5.74) is 0.793. The zero-order chi connectivity index (χ0) is 26.6. The second kappa shape index (κ2) is 10.7. The fraction of sp³-hybridized carbons (Fsp3) is 0.261. The van der Waals surface area contributed by atoms with E-state index in [2.05, 4.69) is 35.2 Å². The van der Waals surface area contributed by atoms with Crippen molar-refractivity contribution in [2.75, 3.05) is 31.3 Å². The summed E-state index contributed by atoms with van der Waals surface area (Å²) in [7, 11) is 0.659. The Morgan fingerprint density at radius 2 is 1.68 bits per heavy atom. The summed E-state index contributed by atoms with van der Waals surface area (Å²) >= 11 is 0. The van der Waals surface area contributed by atoms with Gasteiger partial charge < -0.3 is 14.8 Å². The summed E-state index contributed by atoms with van der Waals surface area (Å²) in [5, 5.41) is 10.4. The van der Waals surface area contributed by atoms with E-state index in [1.807, 2.05) is 0 Å². The van der Waals surface area contributed by atoms with Crippen molar-refractivity contribution in [3.8, 4) is 28.7 Å². The fourth-order valence-corrected chi connectivity index (χ4v) is 4.47. The molecule has 14 heteroatoms. The standard InChI is InChI=1S/C23H25FN8O4S/c1-14(11-20-26-12-15(24)13-27-20)37(33,34)31-23-30-29-22(16-7-5-10-19(25-2)28-16)32(23)21-17(35-3)8-6-9-18(21)36-4/h5-10,12-14H,11H2,1-4H3,(H,25,28)(H,30,31)/t14-/m0/s1. The van der Waals surface area contributed by atoms with Crippen molar-refractivity contribution >= 4 is 21.8 Å². The minimum atomic E-state index is -4.03. The molecule has 0 unspecified atom stereocenters. The first-order chi connectivity index (χ1) is 17.8. The molecule has 37 heavy (non-hydrogen) atoms. The zero-order valence-corrected chi connectivity index (χ0v) is 21.3. The highest BCUT2D eigenvalue weighted by atomic mass is 32.2. The van der Waals surface area contributed by atoms with E-state index in [-0.39, 0.29) is 24.0 Å². The lowest BCUT2D eigenvalue weighted by atomic mass is 10.2. The van der Waals surface area contributed by atoms with E-state index in [4.69, 9.17) is 9.47 Å². The molecule has 0 spiro atoms. The molecule has 3 heterocycles. The first-order valence-corrected chi connectivity index (χ1v) is 12.6. The van der Waals surface area contributed by atoms with Crippen LogP contribution in [0.25, 0.3) is 17.2 Å². The first kappa shape index (κ1) is 25.8. The normalized spacial score (nSPS) is 12.1.